The van der Waals surface area contributed by atoms with Crippen molar-refractivity contribution in [2.24, 2.45) is 34.5 Å². The van der Waals surface area contributed by atoms with Crippen LogP contribution >= 0.6 is 0 Å². The molecule has 0 saturated heterocycles. The minimum Gasteiger partial charge on any atom is -0.419 e. The summed E-state index contributed by atoms with van der Waals surface area (Å²) in [5.74, 6) is 1.55. The van der Waals surface area contributed by atoms with Gasteiger partial charge in [0.25, 0.3) is 0 Å². The molecule has 33 heavy (non-hydrogen) atoms. The number of hydrogen-bond acceptors (Lipinski definition) is 5. The number of fused-ring (bicyclic) bond motifs is 5. The highest BCUT2D eigenvalue weighted by Gasteiger charge is 2.59. The van der Waals surface area contributed by atoms with Crippen LogP contribution in [0.4, 0.5) is 0 Å². The van der Waals surface area contributed by atoms with Crippen LogP contribution in [-0.4, -0.2) is 29.5 Å². The molecule has 3 saturated carbocycles. The Balaban J connectivity index is 1.42. The number of carbonyl (C=O) groups is 3. The van der Waals surface area contributed by atoms with Crippen LogP contribution in [0.1, 0.15) is 65.7 Å². The van der Waals surface area contributed by atoms with Crippen molar-refractivity contribution >= 4 is 17.5 Å². The first kappa shape index (κ1) is 22.4. The number of ketones is 2. The number of allylic oxidation sites excluding steroid dienone is 4. The standard InChI is InChI=1S/C28H35NO4/c1-17(30)21-9-10-22-20-8-7-19-14-24(31)25(33-26(32)18-6-5-13-29(4)16-18)15-28(19,3)23(20)11-12-27(21,22)2/h5,13-16,20-23H,6-12H2,1-4H3/t20-,21+,22-,23-,27+,28-/m0/s1. The SMILES string of the molecule is CC(=O)[C@H]1CC[C@H]2[C@@H]3CCC4=CC(=O)C(OC(=O)C5=CN(C)C=CC5)=C[C@]4(C)[C@H]3CC[C@]12C. The van der Waals surface area contributed by atoms with Gasteiger partial charge in [0.15, 0.2) is 5.76 Å². The Kier molecular flexibility index (Phi) is 5.30. The third-order valence-corrected chi connectivity index (χ3v) is 9.62. The van der Waals surface area contributed by atoms with E-state index in [1.54, 1.807) is 19.2 Å². The molecule has 1 heterocycles. The Morgan fingerprint density at radius 1 is 1.12 bits per heavy atom. The normalized spacial score (nSPS) is 39.6. The van der Waals surface area contributed by atoms with Crippen molar-refractivity contribution in [3.05, 3.63) is 47.5 Å². The van der Waals surface area contributed by atoms with E-state index in [9.17, 15) is 14.4 Å². The lowest BCUT2D eigenvalue weighted by Gasteiger charge is -2.57. The molecule has 0 aromatic rings. The van der Waals surface area contributed by atoms with Gasteiger partial charge in [-0.1, -0.05) is 25.5 Å². The third-order valence-electron chi connectivity index (χ3n) is 9.62. The molecule has 5 rings (SSSR count). The molecular formula is C28H35NO4. The maximum Gasteiger partial charge on any atom is 0.341 e. The average Bonchev–Trinajstić information content (AvgIpc) is 3.12. The zero-order chi connectivity index (χ0) is 23.5. The summed E-state index contributed by atoms with van der Waals surface area (Å²) in [6.45, 7) is 6.34. The topological polar surface area (TPSA) is 63.7 Å². The van der Waals surface area contributed by atoms with Crippen molar-refractivity contribution in [2.45, 2.75) is 65.7 Å². The Hall–Kier alpha value is -2.43. The molecule has 0 unspecified atom stereocenters. The van der Waals surface area contributed by atoms with E-state index in [1.807, 2.05) is 30.3 Å². The Labute approximate surface area is 196 Å². The van der Waals surface area contributed by atoms with Crippen LogP contribution in [0.5, 0.6) is 0 Å². The molecule has 5 aliphatic rings. The molecule has 4 aliphatic carbocycles. The highest BCUT2D eigenvalue weighted by atomic mass is 16.5. The Morgan fingerprint density at radius 2 is 1.91 bits per heavy atom. The highest BCUT2D eigenvalue weighted by molar-refractivity contribution is 6.06. The molecule has 5 heteroatoms. The third kappa shape index (κ3) is 3.46. The smallest absolute Gasteiger partial charge is 0.341 e. The van der Waals surface area contributed by atoms with Gasteiger partial charge in [0.05, 0.1) is 5.57 Å². The van der Waals surface area contributed by atoms with Gasteiger partial charge in [-0.15, -0.1) is 0 Å². The summed E-state index contributed by atoms with van der Waals surface area (Å²) >= 11 is 0. The summed E-state index contributed by atoms with van der Waals surface area (Å²) in [5, 5.41) is 0. The molecule has 0 aromatic heterocycles. The zero-order valence-electron chi connectivity index (χ0n) is 20.2. The zero-order valence-corrected chi connectivity index (χ0v) is 20.2. The van der Waals surface area contributed by atoms with E-state index in [4.69, 9.17) is 4.74 Å². The first-order valence-electron chi connectivity index (χ1n) is 12.4. The van der Waals surface area contributed by atoms with Crippen LogP contribution in [0.15, 0.2) is 47.5 Å². The molecule has 3 fully saturated rings. The van der Waals surface area contributed by atoms with Gasteiger partial charge in [0, 0.05) is 31.0 Å². The minimum atomic E-state index is -0.449. The summed E-state index contributed by atoms with van der Waals surface area (Å²) < 4.78 is 5.69. The van der Waals surface area contributed by atoms with Gasteiger partial charge in [0.2, 0.25) is 5.78 Å². The summed E-state index contributed by atoms with van der Waals surface area (Å²) in [7, 11) is 1.86. The van der Waals surface area contributed by atoms with Gasteiger partial charge >= 0.3 is 5.97 Å². The largest absolute Gasteiger partial charge is 0.419 e. The first-order valence-corrected chi connectivity index (χ1v) is 12.4. The molecule has 0 aromatic carbocycles. The number of carbonyl (C=O) groups excluding carboxylic acids is 3. The van der Waals surface area contributed by atoms with Crippen LogP contribution in [0.2, 0.25) is 0 Å². The van der Waals surface area contributed by atoms with E-state index in [0.29, 0.717) is 35.5 Å². The van der Waals surface area contributed by atoms with Crippen LogP contribution < -0.4 is 0 Å². The van der Waals surface area contributed by atoms with Crippen LogP contribution in [-0.2, 0) is 19.1 Å². The van der Waals surface area contributed by atoms with E-state index in [1.165, 1.54) is 5.57 Å². The van der Waals surface area contributed by atoms with Gasteiger partial charge in [0.1, 0.15) is 5.78 Å². The number of ether oxygens (including phenoxy) is 1. The molecular weight excluding hydrogens is 414 g/mol. The first-order chi connectivity index (χ1) is 15.6. The Morgan fingerprint density at radius 3 is 2.64 bits per heavy atom. The number of esters is 1. The molecule has 6 atom stereocenters. The lowest BCUT2D eigenvalue weighted by molar-refractivity contribution is -0.138. The van der Waals surface area contributed by atoms with Crippen molar-refractivity contribution in [2.75, 3.05) is 7.05 Å². The monoisotopic (exact) mass is 449 g/mol. The van der Waals surface area contributed by atoms with E-state index >= 15 is 0 Å². The van der Waals surface area contributed by atoms with Gasteiger partial charge in [-0.05, 0) is 87.0 Å². The molecule has 0 radical (unpaired) electrons. The van der Waals surface area contributed by atoms with Gasteiger partial charge in [-0.25, -0.2) is 4.79 Å². The highest BCUT2D eigenvalue weighted by Crippen LogP contribution is 2.66. The second kappa shape index (κ2) is 7.82. The molecule has 0 spiro atoms. The maximum atomic E-state index is 12.9. The second-order valence-electron chi connectivity index (χ2n) is 11.3. The van der Waals surface area contributed by atoms with Crippen LogP contribution in [0, 0.1) is 34.5 Å². The molecule has 5 nitrogen and oxygen atoms in total. The average molecular weight is 450 g/mol. The number of Topliss-reactive ketones (excluding diaryl/α,β-unsaturated/α-hetero) is 1. The minimum absolute atomic E-state index is 0.0983. The summed E-state index contributed by atoms with van der Waals surface area (Å²) in [6.07, 6.45) is 16.0. The van der Waals surface area contributed by atoms with Crippen LogP contribution in [0.3, 0.4) is 0 Å². The predicted molar refractivity (Wildman–Crippen MR) is 125 cm³/mol. The number of nitrogens with zero attached hydrogens (tertiary/aromatic N) is 1. The van der Waals surface area contributed by atoms with Crippen molar-refractivity contribution < 1.29 is 19.1 Å². The van der Waals surface area contributed by atoms with Gasteiger partial charge in [-0.2, -0.15) is 0 Å². The molecule has 0 amide bonds. The van der Waals surface area contributed by atoms with E-state index in [2.05, 4.69) is 13.8 Å². The van der Waals surface area contributed by atoms with E-state index in [0.717, 1.165) is 38.5 Å². The predicted octanol–water partition coefficient (Wildman–Crippen LogP) is 5.10. The van der Waals surface area contributed by atoms with Gasteiger partial charge in [-0.3, -0.25) is 9.59 Å². The quantitative estimate of drug-likeness (QED) is 0.561. The maximum absolute atomic E-state index is 12.9. The van der Waals surface area contributed by atoms with E-state index in [-0.39, 0.29) is 28.3 Å². The molecule has 176 valence electrons. The molecule has 0 bridgehead atoms. The lowest BCUT2D eigenvalue weighted by atomic mass is 9.47. The fourth-order valence-corrected chi connectivity index (χ4v) is 8.00. The fraction of sp³-hybridized carbons (Fsp3) is 0.607. The summed E-state index contributed by atoms with van der Waals surface area (Å²) in [5.41, 5.74) is 1.54. The summed E-state index contributed by atoms with van der Waals surface area (Å²) in [6, 6.07) is 0. The lowest BCUT2D eigenvalue weighted by Crippen LogP contribution is -2.50. The summed E-state index contributed by atoms with van der Waals surface area (Å²) in [4.78, 5) is 39.9. The molecule has 0 N–H and O–H groups in total. The van der Waals surface area contributed by atoms with Crippen molar-refractivity contribution in [3.8, 4) is 0 Å². The van der Waals surface area contributed by atoms with Crippen molar-refractivity contribution in [1.82, 2.24) is 4.90 Å². The molecule has 1 aliphatic heterocycles. The van der Waals surface area contributed by atoms with Crippen molar-refractivity contribution in [1.29, 1.82) is 0 Å². The second-order valence-corrected chi connectivity index (χ2v) is 11.3. The van der Waals surface area contributed by atoms with Crippen molar-refractivity contribution in [3.63, 3.8) is 0 Å². The number of rotatable bonds is 3. The Bertz CT molecular complexity index is 1030. The fourth-order valence-electron chi connectivity index (χ4n) is 8.00. The van der Waals surface area contributed by atoms with Gasteiger partial charge < -0.3 is 9.64 Å². The van der Waals surface area contributed by atoms with E-state index < -0.39 is 5.97 Å². The number of hydrogen-bond donors (Lipinski definition) is 0. The van der Waals surface area contributed by atoms with Crippen LogP contribution in [0.25, 0.3) is 0 Å².